The third kappa shape index (κ3) is 3.52. The average molecular weight is 323 g/mol. The van der Waals surface area contributed by atoms with E-state index in [1.165, 1.54) is 6.07 Å². The fourth-order valence-corrected chi connectivity index (χ4v) is 1.89. The van der Waals surface area contributed by atoms with E-state index in [1.807, 2.05) is 30.3 Å². The predicted molar refractivity (Wildman–Crippen MR) is 78.6 cm³/mol. The first-order valence-corrected chi connectivity index (χ1v) is 6.31. The van der Waals surface area contributed by atoms with Crippen molar-refractivity contribution in [1.29, 1.82) is 0 Å². The molecule has 0 amide bonds. The van der Waals surface area contributed by atoms with E-state index < -0.39 is 5.82 Å². The van der Waals surface area contributed by atoms with Crippen molar-refractivity contribution in [3.63, 3.8) is 0 Å². The Hall–Kier alpha value is -1.92. The van der Waals surface area contributed by atoms with Crippen molar-refractivity contribution in [3.8, 4) is 0 Å². The molecule has 6 heteroatoms. The molecule has 0 aliphatic rings. The van der Waals surface area contributed by atoms with Gasteiger partial charge in [0.25, 0.3) is 0 Å². The lowest BCUT2D eigenvalue weighted by molar-refractivity contribution is 0.629. The lowest BCUT2D eigenvalue weighted by Crippen LogP contribution is -2.36. The number of para-hydroxylation sites is 2. The SMILES string of the molecule is NNC(=Nc1c(F)cccc1Br)Nc1ccccc1. The van der Waals surface area contributed by atoms with Crippen LogP contribution in [0.3, 0.4) is 0 Å². The van der Waals surface area contributed by atoms with E-state index in [4.69, 9.17) is 5.84 Å². The van der Waals surface area contributed by atoms with Crippen molar-refractivity contribution >= 4 is 33.3 Å². The zero-order valence-corrected chi connectivity index (χ0v) is 11.5. The van der Waals surface area contributed by atoms with E-state index in [0.717, 1.165) is 5.69 Å². The summed E-state index contributed by atoms with van der Waals surface area (Å²) in [5.74, 6) is 5.20. The fraction of sp³-hybridized carbons (Fsp3) is 0. The molecule has 4 nitrogen and oxygen atoms in total. The number of anilines is 1. The van der Waals surface area contributed by atoms with E-state index in [2.05, 4.69) is 31.7 Å². The number of guanidine groups is 1. The van der Waals surface area contributed by atoms with Gasteiger partial charge in [0.15, 0.2) is 0 Å². The van der Waals surface area contributed by atoms with Gasteiger partial charge in [0.1, 0.15) is 11.5 Å². The van der Waals surface area contributed by atoms with Gasteiger partial charge in [-0.25, -0.2) is 15.2 Å². The number of nitrogens with two attached hydrogens (primary N) is 1. The monoisotopic (exact) mass is 322 g/mol. The lowest BCUT2D eigenvalue weighted by Gasteiger charge is -2.09. The Morgan fingerprint density at radius 3 is 2.47 bits per heavy atom. The van der Waals surface area contributed by atoms with Crippen molar-refractivity contribution in [2.75, 3.05) is 5.32 Å². The second-order valence-electron chi connectivity index (χ2n) is 3.67. The van der Waals surface area contributed by atoms with Gasteiger partial charge in [-0.2, -0.15) is 0 Å². The largest absolute Gasteiger partial charge is 0.325 e. The van der Waals surface area contributed by atoms with Crippen molar-refractivity contribution < 1.29 is 4.39 Å². The normalized spacial score (nSPS) is 11.2. The van der Waals surface area contributed by atoms with E-state index in [0.29, 0.717) is 4.47 Å². The standard InChI is InChI=1S/C13H12BrFN4/c14-10-7-4-8-11(15)12(10)18-13(19-16)17-9-5-2-1-3-6-9/h1-8H,16H2,(H2,17,18,19). The quantitative estimate of drug-likeness (QED) is 0.344. The van der Waals surface area contributed by atoms with E-state index >= 15 is 0 Å². The molecule has 2 rings (SSSR count). The van der Waals surface area contributed by atoms with E-state index in [9.17, 15) is 4.39 Å². The molecular weight excluding hydrogens is 311 g/mol. The molecule has 0 heterocycles. The summed E-state index contributed by atoms with van der Waals surface area (Å²) in [7, 11) is 0. The summed E-state index contributed by atoms with van der Waals surface area (Å²) in [6.45, 7) is 0. The Balaban J connectivity index is 2.29. The number of halogens is 2. The zero-order valence-electron chi connectivity index (χ0n) is 9.90. The van der Waals surface area contributed by atoms with Gasteiger partial charge in [0.2, 0.25) is 5.96 Å². The average Bonchev–Trinajstić information content (AvgIpc) is 2.43. The molecule has 0 radical (unpaired) electrons. The molecule has 4 N–H and O–H groups in total. The highest BCUT2D eigenvalue weighted by molar-refractivity contribution is 9.10. The predicted octanol–water partition coefficient (Wildman–Crippen LogP) is 3.15. The molecule has 2 aromatic rings. The van der Waals surface area contributed by atoms with Crippen LogP contribution in [0.5, 0.6) is 0 Å². The van der Waals surface area contributed by atoms with Crippen LogP contribution in [0.2, 0.25) is 0 Å². The molecule has 0 saturated heterocycles. The highest BCUT2D eigenvalue weighted by Crippen LogP contribution is 2.28. The minimum atomic E-state index is -0.433. The van der Waals surface area contributed by atoms with Crippen molar-refractivity contribution in [3.05, 3.63) is 58.8 Å². The molecule has 0 spiro atoms. The van der Waals surface area contributed by atoms with Crippen LogP contribution in [0.15, 0.2) is 58.0 Å². The van der Waals surface area contributed by atoms with Gasteiger partial charge in [0, 0.05) is 10.2 Å². The number of hydrazine groups is 1. The van der Waals surface area contributed by atoms with Gasteiger partial charge in [0.05, 0.1) is 0 Å². The Morgan fingerprint density at radius 1 is 1.11 bits per heavy atom. The van der Waals surface area contributed by atoms with Gasteiger partial charge in [-0.1, -0.05) is 24.3 Å². The third-order valence-corrected chi connectivity index (χ3v) is 2.97. The minimum absolute atomic E-state index is 0.180. The van der Waals surface area contributed by atoms with Gasteiger partial charge >= 0.3 is 0 Å². The molecule has 19 heavy (non-hydrogen) atoms. The van der Waals surface area contributed by atoms with Gasteiger partial charge in [-0.15, -0.1) is 0 Å². The molecule has 0 bridgehead atoms. The van der Waals surface area contributed by atoms with Crippen molar-refractivity contribution in [2.24, 2.45) is 10.8 Å². The molecule has 0 saturated carbocycles. The van der Waals surface area contributed by atoms with Gasteiger partial charge < -0.3 is 5.32 Å². The number of hydrogen-bond acceptors (Lipinski definition) is 2. The van der Waals surface area contributed by atoms with Crippen LogP contribution < -0.4 is 16.6 Å². The summed E-state index contributed by atoms with van der Waals surface area (Å²) in [6.07, 6.45) is 0. The van der Waals surface area contributed by atoms with Crippen LogP contribution in [0.25, 0.3) is 0 Å². The van der Waals surface area contributed by atoms with Crippen molar-refractivity contribution in [2.45, 2.75) is 0 Å². The molecule has 0 aromatic heterocycles. The molecule has 0 unspecified atom stereocenters. The van der Waals surface area contributed by atoms with Crippen LogP contribution in [0.1, 0.15) is 0 Å². The van der Waals surface area contributed by atoms with Crippen LogP contribution >= 0.6 is 15.9 Å². The Labute approximate surface area is 118 Å². The molecule has 0 fully saturated rings. The number of nitrogens with zero attached hydrogens (tertiary/aromatic N) is 1. The summed E-state index contributed by atoms with van der Waals surface area (Å²) in [5, 5.41) is 2.96. The van der Waals surface area contributed by atoms with E-state index in [1.54, 1.807) is 12.1 Å². The zero-order chi connectivity index (χ0) is 13.7. The number of rotatable bonds is 2. The highest BCUT2D eigenvalue weighted by Gasteiger charge is 2.07. The Bertz CT molecular complexity index is 566. The minimum Gasteiger partial charge on any atom is -0.325 e. The van der Waals surface area contributed by atoms with Crippen LogP contribution in [0.4, 0.5) is 15.8 Å². The second-order valence-corrected chi connectivity index (χ2v) is 4.52. The number of hydrogen-bond donors (Lipinski definition) is 3. The molecular formula is C13H12BrFN4. The molecule has 0 atom stereocenters. The van der Waals surface area contributed by atoms with Crippen molar-refractivity contribution in [1.82, 2.24) is 5.43 Å². The molecule has 2 aromatic carbocycles. The number of benzene rings is 2. The first-order valence-electron chi connectivity index (χ1n) is 5.52. The summed E-state index contributed by atoms with van der Waals surface area (Å²) < 4.78 is 14.2. The number of aliphatic imine (C=N–C) groups is 1. The maximum absolute atomic E-state index is 13.7. The maximum Gasteiger partial charge on any atom is 0.215 e. The van der Waals surface area contributed by atoms with Crippen LogP contribution in [0, 0.1) is 5.82 Å². The van der Waals surface area contributed by atoms with Crippen LogP contribution in [-0.2, 0) is 0 Å². The summed E-state index contributed by atoms with van der Waals surface area (Å²) in [5.41, 5.74) is 3.38. The maximum atomic E-state index is 13.7. The highest BCUT2D eigenvalue weighted by atomic mass is 79.9. The first kappa shape index (κ1) is 13.5. The fourth-order valence-electron chi connectivity index (χ4n) is 1.46. The Kier molecular flexibility index (Phi) is 4.48. The second kappa shape index (κ2) is 6.31. The van der Waals surface area contributed by atoms with Gasteiger partial charge in [-0.3, -0.25) is 5.43 Å². The third-order valence-electron chi connectivity index (χ3n) is 2.33. The molecule has 0 aliphatic carbocycles. The van der Waals surface area contributed by atoms with E-state index in [-0.39, 0.29) is 11.6 Å². The van der Waals surface area contributed by atoms with Crippen LogP contribution in [-0.4, -0.2) is 5.96 Å². The smallest absolute Gasteiger partial charge is 0.215 e. The summed E-state index contributed by atoms with van der Waals surface area (Å²) in [4.78, 5) is 4.12. The Morgan fingerprint density at radius 2 is 1.84 bits per heavy atom. The molecule has 0 aliphatic heterocycles. The summed E-state index contributed by atoms with van der Waals surface area (Å²) >= 11 is 3.25. The molecule has 98 valence electrons. The van der Waals surface area contributed by atoms with Gasteiger partial charge in [-0.05, 0) is 40.2 Å². The topological polar surface area (TPSA) is 62.4 Å². The number of nitrogens with one attached hydrogen (secondary N) is 2. The lowest BCUT2D eigenvalue weighted by atomic mass is 10.3. The summed E-state index contributed by atoms with van der Waals surface area (Å²) in [6, 6.07) is 14.0. The first-order chi connectivity index (χ1) is 9.20.